The number of carbonyl (C=O) groups is 3. The molecular formula is C19H25N3O4. The largest absolute Gasteiger partial charge is 0.484 e. The van der Waals surface area contributed by atoms with E-state index in [0.29, 0.717) is 37.4 Å². The predicted molar refractivity (Wildman–Crippen MR) is 96.1 cm³/mol. The molecule has 2 amide bonds. The van der Waals surface area contributed by atoms with Gasteiger partial charge in [0.1, 0.15) is 11.8 Å². The number of Topliss-reactive ketones (excluding diaryl/α,β-unsaturated/α-hetero) is 1. The summed E-state index contributed by atoms with van der Waals surface area (Å²) in [5, 5.41) is 0. The number of ketones is 1. The summed E-state index contributed by atoms with van der Waals surface area (Å²) >= 11 is 0. The van der Waals surface area contributed by atoms with Crippen molar-refractivity contribution in [2.24, 2.45) is 0 Å². The van der Waals surface area contributed by atoms with Gasteiger partial charge in [-0.15, -0.1) is 0 Å². The van der Waals surface area contributed by atoms with Crippen molar-refractivity contribution in [2.45, 2.75) is 19.4 Å². The first-order chi connectivity index (χ1) is 12.5. The van der Waals surface area contributed by atoms with Gasteiger partial charge in [0.25, 0.3) is 5.91 Å². The summed E-state index contributed by atoms with van der Waals surface area (Å²) in [6.45, 7) is 5.08. The highest BCUT2D eigenvalue weighted by atomic mass is 16.5. The van der Waals surface area contributed by atoms with E-state index in [0.717, 1.165) is 13.1 Å². The van der Waals surface area contributed by atoms with E-state index in [4.69, 9.17) is 4.74 Å². The van der Waals surface area contributed by atoms with Crippen molar-refractivity contribution < 1.29 is 19.1 Å². The van der Waals surface area contributed by atoms with Crippen LogP contribution in [-0.4, -0.2) is 84.7 Å². The van der Waals surface area contributed by atoms with Crippen molar-refractivity contribution in [1.29, 1.82) is 0 Å². The van der Waals surface area contributed by atoms with E-state index in [1.807, 2.05) is 6.92 Å². The number of piperazine rings is 2. The number of nitrogens with zero attached hydrogens (tertiary/aromatic N) is 3. The van der Waals surface area contributed by atoms with Gasteiger partial charge in [-0.3, -0.25) is 19.3 Å². The molecule has 0 aliphatic carbocycles. The minimum atomic E-state index is -0.245. The third kappa shape index (κ3) is 3.88. The molecule has 2 fully saturated rings. The number of likely N-dealkylation sites (N-methyl/N-ethyl adjacent to an activating group) is 1. The first kappa shape index (κ1) is 18.4. The number of carbonyl (C=O) groups excluding carboxylic acids is 3. The lowest BCUT2D eigenvalue weighted by Crippen LogP contribution is -2.64. The third-order valence-electron chi connectivity index (χ3n) is 5.09. The van der Waals surface area contributed by atoms with E-state index in [1.54, 1.807) is 41.1 Å². The average molecular weight is 359 g/mol. The molecule has 1 atom stereocenters. The van der Waals surface area contributed by atoms with Crippen molar-refractivity contribution in [1.82, 2.24) is 14.7 Å². The predicted octanol–water partition coefficient (Wildman–Crippen LogP) is 0.643. The Bertz CT molecular complexity index is 689. The summed E-state index contributed by atoms with van der Waals surface area (Å²) in [7, 11) is 1.80. The Morgan fingerprint density at radius 2 is 1.81 bits per heavy atom. The molecule has 140 valence electrons. The third-order valence-corrected chi connectivity index (χ3v) is 5.09. The first-order valence-corrected chi connectivity index (χ1v) is 9.02. The van der Waals surface area contributed by atoms with E-state index in [-0.39, 0.29) is 30.2 Å². The Morgan fingerprint density at radius 1 is 1.12 bits per heavy atom. The van der Waals surface area contributed by atoms with Gasteiger partial charge in [0.2, 0.25) is 5.91 Å². The van der Waals surface area contributed by atoms with Gasteiger partial charge in [0.05, 0.1) is 0 Å². The van der Waals surface area contributed by atoms with Crippen LogP contribution in [-0.2, 0) is 9.59 Å². The highest BCUT2D eigenvalue weighted by Crippen LogP contribution is 2.17. The number of fused-ring (bicyclic) bond motifs is 1. The van der Waals surface area contributed by atoms with Crippen molar-refractivity contribution in [3.05, 3.63) is 29.8 Å². The number of benzene rings is 1. The van der Waals surface area contributed by atoms with E-state index in [2.05, 4.69) is 4.90 Å². The van der Waals surface area contributed by atoms with Gasteiger partial charge in [-0.05, 0) is 24.3 Å². The lowest BCUT2D eigenvalue weighted by molar-refractivity contribution is -0.148. The van der Waals surface area contributed by atoms with Crippen LogP contribution in [0.25, 0.3) is 0 Å². The van der Waals surface area contributed by atoms with E-state index >= 15 is 0 Å². The summed E-state index contributed by atoms with van der Waals surface area (Å²) in [5.41, 5.74) is 0.641. The van der Waals surface area contributed by atoms with Gasteiger partial charge >= 0.3 is 0 Å². The van der Waals surface area contributed by atoms with Gasteiger partial charge < -0.3 is 14.5 Å². The van der Waals surface area contributed by atoms with Gasteiger partial charge in [0, 0.05) is 51.8 Å². The Morgan fingerprint density at radius 3 is 2.50 bits per heavy atom. The molecule has 1 aromatic carbocycles. The highest BCUT2D eigenvalue weighted by Gasteiger charge is 2.38. The summed E-state index contributed by atoms with van der Waals surface area (Å²) in [5.74, 6) is 0.580. The second-order valence-corrected chi connectivity index (χ2v) is 6.74. The van der Waals surface area contributed by atoms with Gasteiger partial charge in [-0.2, -0.15) is 0 Å². The molecule has 0 saturated carbocycles. The van der Waals surface area contributed by atoms with Crippen LogP contribution in [0.1, 0.15) is 23.7 Å². The zero-order chi connectivity index (χ0) is 18.7. The minimum absolute atomic E-state index is 0.0716. The fourth-order valence-corrected chi connectivity index (χ4v) is 3.37. The quantitative estimate of drug-likeness (QED) is 0.722. The molecule has 1 aromatic rings. The van der Waals surface area contributed by atoms with Crippen molar-refractivity contribution >= 4 is 17.6 Å². The lowest BCUT2D eigenvalue weighted by Gasteiger charge is -2.45. The maximum absolute atomic E-state index is 12.5. The number of amides is 2. The number of hydrogen-bond acceptors (Lipinski definition) is 5. The molecule has 7 nitrogen and oxygen atoms in total. The molecule has 26 heavy (non-hydrogen) atoms. The van der Waals surface area contributed by atoms with E-state index in [9.17, 15) is 14.4 Å². The Hall–Kier alpha value is -2.41. The first-order valence-electron chi connectivity index (χ1n) is 9.02. The Kier molecular flexibility index (Phi) is 5.56. The second kappa shape index (κ2) is 7.86. The molecule has 0 radical (unpaired) electrons. The summed E-state index contributed by atoms with van der Waals surface area (Å²) < 4.78 is 5.56. The van der Waals surface area contributed by atoms with Crippen molar-refractivity contribution in [2.75, 3.05) is 46.4 Å². The molecule has 7 heteroatoms. The van der Waals surface area contributed by atoms with Crippen LogP contribution in [0.15, 0.2) is 24.3 Å². The molecule has 2 saturated heterocycles. The number of ether oxygens (including phenoxy) is 1. The second-order valence-electron chi connectivity index (χ2n) is 6.74. The fraction of sp³-hybridized carbons (Fsp3) is 0.526. The van der Waals surface area contributed by atoms with Crippen LogP contribution in [0.5, 0.6) is 5.75 Å². The van der Waals surface area contributed by atoms with Crippen LogP contribution in [0, 0.1) is 0 Å². The van der Waals surface area contributed by atoms with Crippen LogP contribution < -0.4 is 4.74 Å². The topological polar surface area (TPSA) is 70.2 Å². The zero-order valence-electron chi connectivity index (χ0n) is 15.3. The van der Waals surface area contributed by atoms with Crippen LogP contribution in [0.2, 0.25) is 0 Å². The molecule has 0 unspecified atom stereocenters. The molecule has 3 rings (SSSR count). The minimum Gasteiger partial charge on any atom is -0.484 e. The normalized spacial score (nSPS) is 20.7. The monoisotopic (exact) mass is 359 g/mol. The zero-order valence-corrected chi connectivity index (χ0v) is 15.3. The van der Waals surface area contributed by atoms with Crippen LogP contribution in [0.4, 0.5) is 0 Å². The van der Waals surface area contributed by atoms with E-state index < -0.39 is 0 Å². The summed E-state index contributed by atoms with van der Waals surface area (Å²) in [6.07, 6.45) is 0.458. The number of rotatable bonds is 5. The molecule has 2 aliphatic rings. The van der Waals surface area contributed by atoms with Crippen LogP contribution >= 0.6 is 0 Å². The molecule has 0 spiro atoms. The number of hydrogen-bond donors (Lipinski definition) is 0. The molecule has 2 heterocycles. The Labute approximate surface area is 153 Å². The van der Waals surface area contributed by atoms with Crippen molar-refractivity contribution in [3.63, 3.8) is 0 Å². The van der Waals surface area contributed by atoms with Gasteiger partial charge in [-0.1, -0.05) is 6.92 Å². The molecule has 0 N–H and O–H groups in total. The Balaban J connectivity index is 1.53. The van der Waals surface area contributed by atoms with Crippen molar-refractivity contribution in [3.8, 4) is 5.75 Å². The SMILES string of the molecule is CCC(=O)c1ccc(OCC(=O)N2CCN3CCN(C)C(=O)[C@@H]3C2)cc1. The van der Waals surface area contributed by atoms with Gasteiger partial charge in [0.15, 0.2) is 12.4 Å². The van der Waals surface area contributed by atoms with Crippen LogP contribution in [0.3, 0.4) is 0 Å². The smallest absolute Gasteiger partial charge is 0.260 e. The molecule has 2 aliphatic heterocycles. The highest BCUT2D eigenvalue weighted by molar-refractivity contribution is 5.95. The van der Waals surface area contributed by atoms with E-state index in [1.165, 1.54) is 0 Å². The fourth-order valence-electron chi connectivity index (χ4n) is 3.37. The molecular weight excluding hydrogens is 334 g/mol. The lowest BCUT2D eigenvalue weighted by atomic mass is 10.1. The maximum Gasteiger partial charge on any atom is 0.260 e. The molecule has 0 bridgehead atoms. The molecule has 0 aromatic heterocycles. The average Bonchev–Trinajstić information content (AvgIpc) is 2.68. The standard InChI is InChI=1S/C19H25N3O4/c1-3-17(23)14-4-6-15(7-5-14)26-13-18(24)22-11-10-21-9-8-20(2)19(25)16(21)12-22/h4-7,16H,3,8-13H2,1-2H3/t16-/m0/s1. The van der Waals surface area contributed by atoms with Gasteiger partial charge in [-0.25, -0.2) is 0 Å². The summed E-state index contributed by atoms with van der Waals surface area (Å²) in [6, 6.07) is 6.58. The summed E-state index contributed by atoms with van der Waals surface area (Å²) in [4.78, 5) is 42.0. The maximum atomic E-state index is 12.5.